The molecular weight excluding hydrogens is 464 g/mol. The Bertz CT molecular complexity index is 1220. The number of aliphatic hydroxyl groups is 1. The summed E-state index contributed by atoms with van der Waals surface area (Å²) in [5.41, 5.74) is 1.41. The fourth-order valence-electron chi connectivity index (χ4n) is 3.58. The maximum atomic E-state index is 13.4. The van der Waals surface area contributed by atoms with Gasteiger partial charge in [-0.05, 0) is 58.9 Å². The van der Waals surface area contributed by atoms with Gasteiger partial charge in [-0.3, -0.25) is 4.79 Å². The van der Waals surface area contributed by atoms with E-state index in [2.05, 4.69) is 5.32 Å². The second-order valence-corrected chi connectivity index (χ2v) is 12.4. The number of phenolic OH excluding ortho intramolecular Hbond substituents is 1. The number of amides is 1. The van der Waals surface area contributed by atoms with Gasteiger partial charge in [0.2, 0.25) is 9.84 Å². The van der Waals surface area contributed by atoms with Gasteiger partial charge < -0.3 is 15.5 Å². The van der Waals surface area contributed by atoms with Crippen LogP contribution in [0, 0.1) is 11.3 Å². The number of rotatable bonds is 7. The van der Waals surface area contributed by atoms with Crippen LogP contribution < -0.4 is 5.32 Å². The molecule has 35 heavy (non-hydrogen) atoms. The van der Waals surface area contributed by atoms with Crippen LogP contribution in [0.25, 0.3) is 6.08 Å². The predicted octanol–water partition coefficient (Wildman–Crippen LogP) is 4.44. The number of nitrogens with zero attached hydrogens (tertiary/aromatic N) is 1. The van der Waals surface area contributed by atoms with Gasteiger partial charge in [-0.15, -0.1) is 0 Å². The van der Waals surface area contributed by atoms with E-state index < -0.39 is 26.6 Å². The van der Waals surface area contributed by atoms with Gasteiger partial charge in [0, 0.05) is 23.2 Å². The summed E-state index contributed by atoms with van der Waals surface area (Å²) < 4.78 is 26.8. The molecule has 7 nitrogen and oxygen atoms in total. The molecule has 0 atom stereocenters. The van der Waals surface area contributed by atoms with Crippen molar-refractivity contribution in [3.8, 4) is 11.8 Å². The molecule has 2 aromatic carbocycles. The van der Waals surface area contributed by atoms with Crippen LogP contribution in [0.2, 0.25) is 0 Å². The topological polar surface area (TPSA) is 127 Å². The molecule has 3 N–H and O–H groups in total. The van der Waals surface area contributed by atoms with Crippen LogP contribution in [-0.4, -0.2) is 37.7 Å². The number of hydrogen-bond acceptors (Lipinski definition) is 6. The van der Waals surface area contributed by atoms with E-state index in [0.717, 1.165) is 0 Å². The van der Waals surface area contributed by atoms with Gasteiger partial charge in [0.25, 0.3) is 5.91 Å². The zero-order chi connectivity index (χ0) is 26.6. The quantitative estimate of drug-likeness (QED) is 0.518. The van der Waals surface area contributed by atoms with Gasteiger partial charge in [0.1, 0.15) is 5.75 Å². The van der Waals surface area contributed by atoms with Crippen LogP contribution in [0.3, 0.4) is 0 Å². The van der Waals surface area contributed by atoms with Crippen molar-refractivity contribution in [1.82, 2.24) is 5.32 Å². The number of aromatic hydroxyl groups is 1. The summed E-state index contributed by atoms with van der Waals surface area (Å²) in [7, 11) is -4.02. The summed E-state index contributed by atoms with van der Waals surface area (Å²) >= 11 is 0. The lowest BCUT2D eigenvalue weighted by Crippen LogP contribution is -2.26. The number of benzene rings is 2. The summed E-state index contributed by atoms with van der Waals surface area (Å²) in [4.78, 5) is 11.9. The first-order chi connectivity index (χ1) is 16.1. The van der Waals surface area contributed by atoms with Gasteiger partial charge in [0.05, 0.1) is 28.9 Å². The Labute approximate surface area is 208 Å². The number of nitriles is 1. The van der Waals surface area contributed by atoms with Gasteiger partial charge in [-0.2, -0.15) is 5.26 Å². The van der Waals surface area contributed by atoms with Gasteiger partial charge in [-0.1, -0.05) is 41.5 Å². The summed E-state index contributed by atoms with van der Waals surface area (Å²) in [6, 6.07) is 10.9. The van der Waals surface area contributed by atoms with E-state index in [-0.39, 0.29) is 40.7 Å². The molecule has 0 unspecified atom stereocenters. The van der Waals surface area contributed by atoms with Crippen LogP contribution in [0.4, 0.5) is 0 Å². The summed E-state index contributed by atoms with van der Waals surface area (Å²) in [6.07, 6.45) is 1.14. The third kappa shape index (κ3) is 6.71. The highest BCUT2D eigenvalue weighted by Crippen LogP contribution is 2.40. The second-order valence-electron chi connectivity index (χ2n) is 10.4. The van der Waals surface area contributed by atoms with Crippen molar-refractivity contribution in [2.75, 3.05) is 13.2 Å². The molecule has 0 aromatic heterocycles. The maximum absolute atomic E-state index is 13.4. The number of phenols is 1. The Morgan fingerprint density at radius 3 is 1.97 bits per heavy atom. The highest BCUT2D eigenvalue weighted by Gasteiger charge is 2.27. The molecule has 0 saturated heterocycles. The van der Waals surface area contributed by atoms with Crippen molar-refractivity contribution >= 4 is 21.8 Å². The molecule has 0 saturated carbocycles. The molecule has 0 radical (unpaired) electrons. The zero-order valence-corrected chi connectivity index (χ0v) is 22.0. The van der Waals surface area contributed by atoms with E-state index in [0.29, 0.717) is 16.7 Å². The molecular formula is C27H34N2O5S. The minimum absolute atomic E-state index is 0.0384. The molecule has 0 heterocycles. The summed E-state index contributed by atoms with van der Waals surface area (Å²) in [6.45, 7) is 11.7. The Morgan fingerprint density at radius 1 is 1.03 bits per heavy atom. The average Bonchev–Trinajstić information content (AvgIpc) is 2.76. The number of nitrogens with one attached hydrogen (secondary N) is 1. The lowest BCUT2D eigenvalue weighted by atomic mass is 9.78. The Balaban J connectivity index is 2.62. The molecule has 0 bridgehead atoms. The Hall–Kier alpha value is -3.15. The smallest absolute Gasteiger partial charge is 0.251 e. The number of carbonyl (C=O) groups excluding carboxylic acids is 1. The molecule has 0 spiro atoms. The number of sulfone groups is 1. The number of carbonyl (C=O) groups is 1. The van der Waals surface area contributed by atoms with E-state index in [4.69, 9.17) is 5.11 Å². The monoisotopic (exact) mass is 498 g/mol. The highest BCUT2D eigenvalue weighted by atomic mass is 32.2. The van der Waals surface area contributed by atoms with Crippen molar-refractivity contribution in [3.05, 3.63) is 63.6 Å². The van der Waals surface area contributed by atoms with Gasteiger partial charge in [-0.25, -0.2) is 8.42 Å². The molecule has 0 aliphatic rings. The lowest BCUT2D eigenvalue weighted by Gasteiger charge is -2.28. The first-order valence-electron chi connectivity index (χ1n) is 11.3. The van der Waals surface area contributed by atoms with Crippen LogP contribution in [0.1, 0.15) is 75.0 Å². The standard InChI is InChI=1S/C27H34N2O5S/c1-26(2,3)22-16-18(17-23(24(22)31)27(4,5)6)15-21(11-12-28)35(33,34)20-9-7-19(8-10-20)25(32)29-13-14-30/h7-10,15-17,30-31H,11,13-14H2,1-6H3,(H,29,32)/b21-15+. The minimum Gasteiger partial charge on any atom is -0.507 e. The zero-order valence-electron chi connectivity index (χ0n) is 21.1. The van der Waals surface area contributed by atoms with E-state index in [1.807, 2.05) is 47.6 Å². The lowest BCUT2D eigenvalue weighted by molar-refractivity contribution is 0.0944. The van der Waals surface area contributed by atoms with E-state index in [9.17, 15) is 23.6 Å². The molecule has 2 aromatic rings. The summed E-state index contributed by atoms with van der Waals surface area (Å²) in [5.74, 6) is -0.244. The van der Waals surface area contributed by atoms with Crippen molar-refractivity contribution < 1.29 is 23.4 Å². The molecule has 2 rings (SSSR count). The number of allylic oxidation sites excluding steroid dienone is 1. The Kier molecular flexibility index (Phi) is 8.53. The maximum Gasteiger partial charge on any atom is 0.251 e. The van der Waals surface area contributed by atoms with E-state index >= 15 is 0 Å². The first kappa shape index (κ1) is 28.1. The predicted molar refractivity (Wildman–Crippen MR) is 137 cm³/mol. The highest BCUT2D eigenvalue weighted by molar-refractivity contribution is 7.95. The van der Waals surface area contributed by atoms with Crippen LogP contribution in [0.5, 0.6) is 5.75 Å². The normalized spacial score (nSPS) is 12.8. The third-order valence-electron chi connectivity index (χ3n) is 5.50. The third-order valence-corrected chi connectivity index (χ3v) is 7.34. The van der Waals surface area contributed by atoms with Crippen molar-refractivity contribution in [1.29, 1.82) is 5.26 Å². The molecule has 0 fully saturated rings. The Morgan fingerprint density at radius 2 is 1.54 bits per heavy atom. The largest absolute Gasteiger partial charge is 0.507 e. The molecule has 0 aliphatic carbocycles. The molecule has 188 valence electrons. The number of hydrogen-bond donors (Lipinski definition) is 3. The minimum atomic E-state index is -4.02. The molecule has 0 aliphatic heterocycles. The van der Waals surface area contributed by atoms with Crippen LogP contribution >= 0.6 is 0 Å². The average molecular weight is 499 g/mol. The van der Waals surface area contributed by atoms with E-state index in [1.165, 1.54) is 30.3 Å². The van der Waals surface area contributed by atoms with Gasteiger partial charge >= 0.3 is 0 Å². The number of aliphatic hydroxyl groups excluding tert-OH is 1. The second kappa shape index (κ2) is 10.6. The van der Waals surface area contributed by atoms with E-state index in [1.54, 1.807) is 12.1 Å². The van der Waals surface area contributed by atoms with Crippen molar-refractivity contribution in [2.45, 2.75) is 63.7 Å². The first-order valence-corrected chi connectivity index (χ1v) is 12.8. The fraction of sp³-hybridized carbons (Fsp3) is 0.407. The molecule has 1 amide bonds. The van der Waals surface area contributed by atoms with Gasteiger partial charge in [0.15, 0.2) is 0 Å². The van der Waals surface area contributed by atoms with Crippen LogP contribution in [-0.2, 0) is 20.7 Å². The fourth-order valence-corrected chi connectivity index (χ4v) is 4.92. The summed E-state index contributed by atoms with van der Waals surface area (Å²) in [5, 5.41) is 31.7. The SMILES string of the molecule is CC(C)(C)c1cc(/C=C(\CC#N)S(=O)(=O)c2ccc(C(=O)NCCO)cc2)cc(C(C)(C)C)c1O. The van der Waals surface area contributed by atoms with Crippen molar-refractivity contribution in [2.24, 2.45) is 0 Å². The van der Waals surface area contributed by atoms with Crippen molar-refractivity contribution in [3.63, 3.8) is 0 Å². The van der Waals surface area contributed by atoms with Crippen LogP contribution in [0.15, 0.2) is 46.2 Å². The molecule has 8 heteroatoms.